The van der Waals surface area contributed by atoms with E-state index in [0.717, 1.165) is 17.7 Å². The Kier molecular flexibility index (Phi) is 5.06. The lowest BCUT2D eigenvalue weighted by Crippen LogP contribution is -2.30. The third-order valence-electron chi connectivity index (χ3n) is 2.62. The zero-order valence-electron chi connectivity index (χ0n) is 11.1. The number of carbonyl (C=O) groups is 1. The summed E-state index contributed by atoms with van der Waals surface area (Å²) >= 11 is 1.42. The van der Waals surface area contributed by atoms with Crippen LogP contribution in [0.1, 0.15) is 13.3 Å². The Bertz CT molecular complexity index is 568. The minimum atomic E-state index is -0.269. The highest BCUT2D eigenvalue weighted by Crippen LogP contribution is 2.24. The van der Waals surface area contributed by atoms with E-state index in [9.17, 15) is 9.18 Å². The van der Waals surface area contributed by atoms with E-state index in [-0.39, 0.29) is 18.3 Å². The van der Waals surface area contributed by atoms with Crippen LogP contribution in [0.4, 0.5) is 9.52 Å². The molecule has 1 amide bonds. The number of rotatable bonds is 6. The highest BCUT2D eigenvalue weighted by molar-refractivity contribution is 7.14. The van der Waals surface area contributed by atoms with Crippen molar-refractivity contribution in [2.75, 3.05) is 18.4 Å². The van der Waals surface area contributed by atoms with Crippen molar-refractivity contribution in [2.45, 2.75) is 13.3 Å². The van der Waals surface area contributed by atoms with Crippen LogP contribution in [0, 0.1) is 5.82 Å². The molecule has 0 spiro atoms. The van der Waals surface area contributed by atoms with Gasteiger partial charge < -0.3 is 10.6 Å². The highest BCUT2D eigenvalue weighted by atomic mass is 32.1. The van der Waals surface area contributed by atoms with Gasteiger partial charge in [-0.15, -0.1) is 11.3 Å². The van der Waals surface area contributed by atoms with Gasteiger partial charge in [-0.3, -0.25) is 4.79 Å². The van der Waals surface area contributed by atoms with Crippen molar-refractivity contribution in [1.82, 2.24) is 10.3 Å². The first-order chi connectivity index (χ1) is 9.69. The molecule has 0 atom stereocenters. The number of amides is 1. The highest BCUT2D eigenvalue weighted by Gasteiger charge is 2.06. The van der Waals surface area contributed by atoms with Crippen LogP contribution in [-0.2, 0) is 4.79 Å². The third kappa shape index (κ3) is 4.03. The van der Waals surface area contributed by atoms with Crippen LogP contribution in [0.2, 0.25) is 0 Å². The van der Waals surface area contributed by atoms with E-state index in [2.05, 4.69) is 15.6 Å². The first-order valence-corrected chi connectivity index (χ1v) is 7.29. The molecule has 0 bridgehead atoms. The molecule has 0 unspecified atom stereocenters. The lowest BCUT2D eigenvalue weighted by molar-refractivity contribution is -0.119. The average molecular weight is 293 g/mol. The number of thiazole rings is 1. The average Bonchev–Trinajstić information content (AvgIpc) is 2.92. The van der Waals surface area contributed by atoms with Gasteiger partial charge in [0.2, 0.25) is 5.91 Å². The quantitative estimate of drug-likeness (QED) is 0.861. The molecule has 0 saturated heterocycles. The topological polar surface area (TPSA) is 54.0 Å². The predicted molar refractivity (Wildman–Crippen MR) is 79.3 cm³/mol. The maximum atomic E-state index is 12.8. The molecule has 1 aromatic carbocycles. The van der Waals surface area contributed by atoms with E-state index in [4.69, 9.17) is 0 Å². The van der Waals surface area contributed by atoms with E-state index in [1.807, 2.05) is 12.3 Å². The second-order valence-electron chi connectivity index (χ2n) is 4.25. The van der Waals surface area contributed by atoms with Gasteiger partial charge in [0.15, 0.2) is 5.13 Å². The molecular formula is C14H16FN3OS. The zero-order chi connectivity index (χ0) is 14.4. The van der Waals surface area contributed by atoms with E-state index >= 15 is 0 Å². The van der Waals surface area contributed by atoms with Crippen LogP contribution in [0.5, 0.6) is 0 Å². The molecule has 4 nitrogen and oxygen atoms in total. The minimum absolute atomic E-state index is 0.0506. The van der Waals surface area contributed by atoms with Crippen LogP contribution < -0.4 is 10.6 Å². The number of hydrogen-bond donors (Lipinski definition) is 2. The van der Waals surface area contributed by atoms with Gasteiger partial charge in [-0.25, -0.2) is 9.37 Å². The Hall–Kier alpha value is -1.95. The first-order valence-electron chi connectivity index (χ1n) is 6.41. The monoisotopic (exact) mass is 293 g/mol. The Morgan fingerprint density at radius 1 is 1.35 bits per heavy atom. The molecule has 0 saturated carbocycles. The Labute approximate surface area is 121 Å². The summed E-state index contributed by atoms with van der Waals surface area (Å²) in [5.74, 6) is -0.319. The van der Waals surface area contributed by atoms with Crippen molar-refractivity contribution < 1.29 is 9.18 Å². The van der Waals surface area contributed by atoms with Crippen molar-refractivity contribution in [2.24, 2.45) is 0 Å². The van der Waals surface area contributed by atoms with Gasteiger partial charge in [0, 0.05) is 17.5 Å². The fourth-order valence-electron chi connectivity index (χ4n) is 1.59. The van der Waals surface area contributed by atoms with Crippen molar-refractivity contribution in [3.8, 4) is 11.3 Å². The molecule has 0 aliphatic heterocycles. The summed E-state index contributed by atoms with van der Waals surface area (Å²) in [5.41, 5.74) is 1.62. The maximum Gasteiger partial charge on any atom is 0.239 e. The molecule has 2 rings (SSSR count). The standard InChI is InChI=1S/C14H16FN3OS/c1-2-7-16-13(19)8-17-14-18-12(9-20-14)10-3-5-11(15)6-4-10/h3-6,9H,2,7-8H2,1H3,(H,16,19)(H,17,18). The van der Waals surface area contributed by atoms with Crippen LogP contribution in [0.15, 0.2) is 29.6 Å². The summed E-state index contributed by atoms with van der Waals surface area (Å²) in [6.45, 7) is 2.89. The molecule has 6 heteroatoms. The molecule has 20 heavy (non-hydrogen) atoms. The number of carbonyl (C=O) groups excluding carboxylic acids is 1. The summed E-state index contributed by atoms with van der Waals surface area (Å²) < 4.78 is 12.8. The Morgan fingerprint density at radius 3 is 2.80 bits per heavy atom. The van der Waals surface area contributed by atoms with Crippen molar-refractivity contribution >= 4 is 22.4 Å². The van der Waals surface area contributed by atoms with Gasteiger partial charge in [-0.1, -0.05) is 6.92 Å². The second-order valence-corrected chi connectivity index (χ2v) is 5.11. The fourth-order valence-corrected chi connectivity index (χ4v) is 2.31. The van der Waals surface area contributed by atoms with Gasteiger partial charge >= 0.3 is 0 Å². The van der Waals surface area contributed by atoms with Gasteiger partial charge in [-0.05, 0) is 30.7 Å². The Balaban J connectivity index is 1.92. The molecule has 0 fully saturated rings. The van der Waals surface area contributed by atoms with Crippen LogP contribution >= 0.6 is 11.3 Å². The largest absolute Gasteiger partial charge is 0.355 e. The van der Waals surface area contributed by atoms with E-state index in [1.54, 1.807) is 12.1 Å². The molecule has 2 aromatic rings. The molecule has 0 radical (unpaired) electrons. The number of nitrogens with zero attached hydrogens (tertiary/aromatic N) is 1. The van der Waals surface area contributed by atoms with Gasteiger partial charge in [0.1, 0.15) is 5.82 Å². The van der Waals surface area contributed by atoms with Crippen molar-refractivity contribution in [3.05, 3.63) is 35.5 Å². The smallest absolute Gasteiger partial charge is 0.239 e. The number of nitrogens with one attached hydrogen (secondary N) is 2. The lowest BCUT2D eigenvalue weighted by atomic mass is 10.2. The van der Waals surface area contributed by atoms with Crippen LogP contribution in [-0.4, -0.2) is 24.0 Å². The summed E-state index contributed by atoms with van der Waals surface area (Å²) in [5, 5.41) is 8.31. The predicted octanol–water partition coefficient (Wildman–Crippen LogP) is 2.89. The third-order valence-corrected chi connectivity index (χ3v) is 3.42. The summed E-state index contributed by atoms with van der Waals surface area (Å²) in [7, 11) is 0. The van der Waals surface area contributed by atoms with E-state index in [0.29, 0.717) is 11.7 Å². The minimum Gasteiger partial charge on any atom is -0.355 e. The summed E-state index contributed by atoms with van der Waals surface area (Å²) in [6, 6.07) is 6.17. The molecule has 0 aliphatic rings. The van der Waals surface area contributed by atoms with E-state index in [1.165, 1.54) is 23.5 Å². The molecule has 106 valence electrons. The molecular weight excluding hydrogens is 277 g/mol. The second kappa shape index (κ2) is 7.00. The SMILES string of the molecule is CCCNC(=O)CNc1nc(-c2ccc(F)cc2)cs1. The van der Waals surface area contributed by atoms with Gasteiger partial charge in [0.05, 0.1) is 12.2 Å². The van der Waals surface area contributed by atoms with Crippen molar-refractivity contribution in [1.29, 1.82) is 0 Å². The molecule has 1 heterocycles. The molecule has 1 aromatic heterocycles. The summed E-state index contributed by atoms with van der Waals surface area (Å²) in [4.78, 5) is 15.8. The van der Waals surface area contributed by atoms with Gasteiger partial charge in [0.25, 0.3) is 0 Å². The Morgan fingerprint density at radius 2 is 2.10 bits per heavy atom. The number of aromatic nitrogens is 1. The van der Waals surface area contributed by atoms with Crippen LogP contribution in [0.3, 0.4) is 0 Å². The lowest BCUT2D eigenvalue weighted by Gasteiger charge is -2.03. The van der Waals surface area contributed by atoms with Crippen LogP contribution in [0.25, 0.3) is 11.3 Å². The van der Waals surface area contributed by atoms with Crippen molar-refractivity contribution in [3.63, 3.8) is 0 Å². The molecule has 0 aliphatic carbocycles. The molecule has 2 N–H and O–H groups in total. The zero-order valence-corrected chi connectivity index (χ0v) is 12.0. The summed E-state index contributed by atoms with van der Waals surface area (Å²) in [6.07, 6.45) is 0.914. The number of hydrogen-bond acceptors (Lipinski definition) is 4. The number of anilines is 1. The fraction of sp³-hybridized carbons (Fsp3) is 0.286. The van der Waals surface area contributed by atoms with E-state index < -0.39 is 0 Å². The number of halogens is 1. The number of benzene rings is 1. The normalized spacial score (nSPS) is 10.3. The first kappa shape index (κ1) is 14.5. The van der Waals surface area contributed by atoms with Gasteiger partial charge in [-0.2, -0.15) is 0 Å². The maximum absolute atomic E-state index is 12.8.